The molecule has 1 N–H and O–H groups in total. The van der Waals surface area contributed by atoms with Crippen LogP contribution in [0, 0.1) is 5.92 Å². The minimum absolute atomic E-state index is 0.0122. The molecule has 0 aromatic heterocycles. The molecular formula is C33H39ClN2O4. The molecule has 3 aromatic carbocycles. The molecule has 5 rings (SSSR count). The number of hydrogen-bond acceptors (Lipinski definition) is 5. The number of amides is 1. The van der Waals surface area contributed by atoms with Gasteiger partial charge in [0.25, 0.3) is 0 Å². The molecule has 212 valence electrons. The Morgan fingerprint density at radius 3 is 2.25 bits per heavy atom. The summed E-state index contributed by atoms with van der Waals surface area (Å²) in [6, 6.07) is 19.0. The van der Waals surface area contributed by atoms with Gasteiger partial charge in [-0.3, -0.25) is 4.79 Å². The lowest BCUT2D eigenvalue weighted by molar-refractivity contribution is -0.118. The summed E-state index contributed by atoms with van der Waals surface area (Å²) in [5, 5.41) is 12.2. The Balaban J connectivity index is 1.56. The number of fused-ring (bicyclic) bond motifs is 1. The molecule has 2 heterocycles. The minimum atomic E-state index is -0.937. The molecule has 2 unspecified atom stereocenters. The fraction of sp³-hybridized carbons (Fsp3) is 0.424. The highest BCUT2D eigenvalue weighted by molar-refractivity contribution is 6.30. The highest BCUT2D eigenvalue weighted by Crippen LogP contribution is 2.44. The van der Waals surface area contributed by atoms with Gasteiger partial charge in [0, 0.05) is 10.7 Å². The number of methoxy groups -OCH3 is 1. The fourth-order valence-corrected chi connectivity index (χ4v) is 6.22. The molecule has 3 aromatic rings. The Hall–Kier alpha value is -3.06. The molecule has 0 spiro atoms. The van der Waals surface area contributed by atoms with Gasteiger partial charge in [0.2, 0.25) is 5.91 Å². The minimum Gasteiger partial charge on any atom is -0.493 e. The van der Waals surface area contributed by atoms with Crippen LogP contribution >= 0.6 is 11.6 Å². The zero-order chi connectivity index (χ0) is 28.6. The highest BCUT2D eigenvalue weighted by Gasteiger charge is 2.38. The van der Waals surface area contributed by atoms with Crippen LogP contribution in [0.5, 0.6) is 11.5 Å². The highest BCUT2D eigenvalue weighted by atomic mass is 35.5. The number of halogens is 1. The van der Waals surface area contributed by atoms with Gasteiger partial charge in [-0.15, -0.1) is 0 Å². The number of likely N-dealkylation sites (tertiary alicyclic amines) is 1. The van der Waals surface area contributed by atoms with Gasteiger partial charge >= 0.3 is 0 Å². The Bertz CT molecular complexity index is 1350. The Morgan fingerprint density at radius 1 is 1.00 bits per heavy atom. The van der Waals surface area contributed by atoms with E-state index in [0.717, 1.165) is 53.9 Å². The molecule has 6 nitrogen and oxygen atoms in total. The summed E-state index contributed by atoms with van der Waals surface area (Å²) >= 11 is 6.24. The topological polar surface area (TPSA) is 62.2 Å². The Kier molecular flexibility index (Phi) is 8.14. The zero-order valence-corrected chi connectivity index (χ0v) is 24.7. The van der Waals surface area contributed by atoms with Crippen LogP contribution in [-0.4, -0.2) is 49.3 Å². The lowest BCUT2D eigenvalue weighted by Gasteiger charge is -2.40. The summed E-state index contributed by atoms with van der Waals surface area (Å²) in [7, 11) is 3.74. The van der Waals surface area contributed by atoms with E-state index in [1.54, 1.807) is 7.11 Å². The number of anilines is 1. The van der Waals surface area contributed by atoms with E-state index in [4.69, 9.17) is 21.1 Å². The summed E-state index contributed by atoms with van der Waals surface area (Å²) in [4.78, 5) is 18.0. The van der Waals surface area contributed by atoms with Gasteiger partial charge in [-0.2, -0.15) is 0 Å². The third-order valence-electron chi connectivity index (χ3n) is 8.38. The zero-order valence-electron chi connectivity index (χ0n) is 24.0. The van der Waals surface area contributed by atoms with Crippen LogP contribution in [0.3, 0.4) is 0 Å². The number of rotatable bonds is 7. The Labute approximate surface area is 242 Å². The second-order valence-corrected chi connectivity index (χ2v) is 12.0. The Morgan fingerprint density at radius 2 is 1.65 bits per heavy atom. The van der Waals surface area contributed by atoms with Gasteiger partial charge in [-0.1, -0.05) is 35.9 Å². The first-order valence-electron chi connectivity index (χ1n) is 14.0. The fourth-order valence-electron chi connectivity index (χ4n) is 6.09. The van der Waals surface area contributed by atoms with Crippen molar-refractivity contribution < 1.29 is 19.4 Å². The van der Waals surface area contributed by atoms with Crippen LogP contribution < -0.4 is 14.4 Å². The number of ether oxygens (including phenoxy) is 2. The molecule has 0 saturated carbocycles. The number of aliphatic hydroxyl groups is 1. The van der Waals surface area contributed by atoms with Crippen molar-refractivity contribution in [1.29, 1.82) is 0 Å². The van der Waals surface area contributed by atoms with Crippen molar-refractivity contribution in [2.45, 2.75) is 57.8 Å². The van der Waals surface area contributed by atoms with Crippen molar-refractivity contribution in [1.82, 2.24) is 4.90 Å². The first-order chi connectivity index (χ1) is 19.1. The third-order valence-corrected chi connectivity index (χ3v) is 8.63. The molecule has 0 radical (unpaired) electrons. The molecule has 0 bridgehead atoms. The van der Waals surface area contributed by atoms with E-state index < -0.39 is 5.60 Å². The largest absolute Gasteiger partial charge is 0.493 e. The van der Waals surface area contributed by atoms with Crippen molar-refractivity contribution in [2.24, 2.45) is 5.92 Å². The molecule has 2 aliphatic heterocycles. The van der Waals surface area contributed by atoms with Gasteiger partial charge in [0.15, 0.2) is 11.5 Å². The van der Waals surface area contributed by atoms with E-state index in [1.165, 1.54) is 0 Å². The molecule has 7 heteroatoms. The SMILES string of the molecule is COc1cc2c(cc1OC(C)C)C(c1ccc(Cl)cc1)N(c1ccc(C(C)(O)C3CCN(C)CC3)cc1)C(=O)C2. The van der Waals surface area contributed by atoms with Crippen molar-refractivity contribution in [3.8, 4) is 11.5 Å². The van der Waals surface area contributed by atoms with E-state index >= 15 is 0 Å². The maximum absolute atomic E-state index is 13.8. The second-order valence-electron chi connectivity index (χ2n) is 11.5. The lowest BCUT2D eigenvalue weighted by atomic mass is 9.77. The lowest BCUT2D eigenvalue weighted by Crippen LogP contribution is -2.41. The smallest absolute Gasteiger partial charge is 0.232 e. The predicted molar refractivity (Wildman–Crippen MR) is 159 cm³/mol. The average molecular weight is 563 g/mol. The number of benzene rings is 3. The number of nitrogens with zero attached hydrogens (tertiary/aromatic N) is 2. The number of hydrogen-bond donors (Lipinski definition) is 1. The first-order valence-corrected chi connectivity index (χ1v) is 14.4. The standard InChI is InChI=1S/C33H39ClN2O4/c1-21(2)40-30-20-28-23(18-29(30)39-5)19-31(37)36(32(28)22-6-10-26(34)11-7-22)27-12-8-24(9-13-27)33(3,38)25-14-16-35(4)17-15-25/h6-13,18,20-21,25,32,38H,14-17,19H2,1-5H3. The molecule has 1 fully saturated rings. The number of carbonyl (C=O) groups excluding carboxylic acids is 1. The number of carbonyl (C=O) groups is 1. The third kappa shape index (κ3) is 5.58. The molecule has 0 aliphatic carbocycles. The summed E-state index contributed by atoms with van der Waals surface area (Å²) in [6.45, 7) is 7.84. The molecule has 1 amide bonds. The normalized spacial score (nSPS) is 19.9. The maximum Gasteiger partial charge on any atom is 0.232 e. The number of piperidine rings is 1. The van der Waals surface area contributed by atoms with E-state index in [1.807, 2.05) is 86.3 Å². The van der Waals surface area contributed by atoms with Crippen molar-refractivity contribution in [2.75, 3.05) is 32.1 Å². The van der Waals surface area contributed by atoms with Gasteiger partial charge < -0.3 is 24.4 Å². The van der Waals surface area contributed by atoms with Gasteiger partial charge in [0.1, 0.15) is 0 Å². The molecule has 1 saturated heterocycles. The van der Waals surface area contributed by atoms with Crippen LogP contribution in [0.4, 0.5) is 5.69 Å². The van der Waals surface area contributed by atoms with E-state index in [9.17, 15) is 9.90 Å². The van der Waals surface area contributed by atoms with Crippen LogP contribution in [0.15, 0.2) is 60.7 Å². The maximum atomic E-state index is 13.8. The quantitative estimate of drug-likeness (QED) is 0.363. The van der Waals surface area contributed by atoms with Gasteiger partial charge in [0.05, 0.1) is 31.3 Å². The van der Waals surface area contributed by atoms with Gasteiger partial charge in [-0.25, -0.2) is 0 Å². The summed E-state index contributed by atoms with van der Waals surface area (Å²) in [6.07, 6.45) is 2.12. The van der Waals surface area contributed by atoms with Crippen molar-refractivity contribution in [3.63, 3.8) is 0 Å². The molecule has 40 heavy (non-hydrogen) atoms. The first kappa shape index (κ1) is 28.5. The monoisotopic (exact) mass is 562 g/mol. The summed E-state index contributed by atoms with van der Waals surface area (Å²) in [5.41, 5.74) is 3.56. The van der Waals surface area contributed by atoms with Crippen molar-refractivity contribution in [3.05, 3.63) is 87.9 Å². The average Bonchev–Trinajstić information content (AvgIpc) is 2.93. The molecule has 2 atom stereocenters. The van der Waals surface area contributed by atoms with E-state index in [0.29, 0.717) is 16.5 Å². The van der Waals surface area contributed by atoms with E-state index in [2.05, 4.69) is 11.9 Å². The summed E-state index contributed by atoms with van der Waals surface area (Å²) in [5.74, 6) is 1.44. The van der Waals surface area contributed by atoms with Gasteiger partial charge in [-0.05, 0) is 118 Å². The van der Waals surface area contributed by atoms with Crippen LogP contribution in [0.25, 0.3) is 0 Å². The predicted octanol–water partition coefficient (Wildman–Crippen LogP) is 6.36. The van der Waals surface area contributed by atoms with Crippen LogP contribution in [-0.2, 0) is 16.8 Å². The van der Waals surface area contributed by atoms with Crippen LogP contribution in [0.1, 0.15) is 61.9 Å². The molecule has 2 aliphatic rings. The van der Waals surface area contributed by atoms with Crippen molar-refractivity contribution >= 4 is 23.2 Å². The summed E-state index contributed by atoms with van der Waals surface area (Å²) < 4.78 is 11.7. The molecular weight excluding hydrogens is 524 g/mol. The van der Waals surface area contributed by atoms with Crippen LogP contribution in [0.2, 0.25) is 5.02 Å². The van der Waals surface area contributed by atoms with E-state index in [-0.39, 0.29) is 30.4 Å². The second kappa shape index (κ2) is 11.4.